The molecular weight excluding hydrogens is 352 g/mol. The van der Waals surface area contributed by atoms with Crippen molar-refractivity contribution in [3.05, 3.63) is 57.2 Å². The Hall–Kier alpha value is -2.03. The molecule has 0 saturated carbocycles. The van der Waals surface area contributed by atoms with Crippen molar-refractivity contribution in [2.75, 3.05) is 11.3 Å². The van der Waals surface area contributed by atoms with Crippen LogP contribution in [0.3, 0.4) is 0 Å². The van der Waals surface area contributed by atoms with Gasteiger partial charge < -0.3 is 5.84 Å². The van der Waals surface area contributed by atoms with Crippen LogP contribution in [0.15, 0.2) is 52.0 Å². The summed E-state index contributed by atoms with van der Waals surface area (Å²) in [7, 11) is 0. The van der Waals surface area contributed by atoms with Crippen molar-refractivity contribution in [2.24, 2.45) is 5.10 Å². The van der Waals surface area contributed by atoms with Gasteiger partial charge in [0.2, 0.25) is 5.16 Å². The minimum absolute atomic E-state index is 0.386. The van der Waals surface area contributed by atoms with Crippen LogP contribution >= 0.6 is 34.7 Å². The van der Waals surface area contributed by atoms with Crippen LogP contribution in [0.25, 0.3) is 0 Å². The molecule has 0 saturated heterocycles. The van der Waals surface area contributed by atoms with Crippen LogP contribution in [0.1, 0.15) is 10.4 Å². The van der Waals surface area contributed by atoms with Crippen molar-refractivity contribution in [1.82, 2.24) is 14.9 Å². The SMILES string of the molecule is Nn1c(N/N=C/c2cccs2)nnc1SCc1ccc(Cl)cc1. The number of nitrogens with two attached hydrogens (primary N) is 1. The Morgan fingerprint density at radius 2 is 2.13 bits per heavy atom. The Balaban J connectivity index is 1.59. The predicted octanol–water partition coefficient (Wildman–Crippen LogP) is 3.45. The number of aromatic nitrogens is 3. The monoisotopic (exact) mass is 364 g/mol. The minimum atomic E-state index is 0.386. The van der Waals surface area contributed by atoms with E-state index in [2.05, 4.69) is 20.7 Å². The fourth-order valence-corrected chi connectivity index (χ4v) is 3.22. The summed E-state index contributed by atoms with van der Waals surface area (Å²) in [6.45, 7) is 0. The lowest BCUT2D eigenvalue weighted by Gasteiger charge is -2.03. The summed E-state index contributed by atoms with van der Waals surface area (Å²) in [4.78, 5) is 1.04. The summed E-state index contributed by atoms with van der Waals surface area (Å²) < 4.78 is 1.38. The quantitative estimate of drug-likeness (QED) is 0.303. The number of anilines is 1. The maximum atomic E-state index is 5.97. The first kappa shape index (κ1) is 15.9. The van der Waals surface area contributed by atoms with Gasteiger partial charge in [-0.25, -0.2) is 10.1 Å². The molecule has 2 aromatic heterocycles. The van der Waals surface area contributed by atoms with Crippen molar-refractivity contribution in [3.63, 3.8) is 0 Å². The van der Waals surface area contributed by atoms with Crippen LogP contribution in [-0.4, -0.2) is 21.1 Å². The van der Waals surface area contributed by atoms with Gasteiger partial charge in [0, 0.05) is 15.7 Å². The Labute approximate surface area is 146 Å². The van der Waals surface area contributed by atoms with Gasteiger partial charge in [0.25, 0.3) is 5.95 Å². The lowest BCUT2D eigenvalue weighted by Crippen LogP contribution is -2.13. The van der Waals surface area contributed by atoms with E-state index < -0.39 is 0 Å². The standard InChI is InChI=1S/C14H13ClN6S2/c15-11-5-3-10(4-6-11)9-23-14-20-19-13(21(14)16)18-17-8-12-2-1-7-22-12/h1-8H,9,16H2,(H,18,19)/b17-8+. The van der Waals surface area contributed by atoms with E-state index in [0.29, 0.717) is 11.1 Å². The largest absolute Gasteiger partial charge is 0.334 e. The highest BCUT2D eigenvalue weighted by Gasteiger charge is 2.09. The average Bonchev–Trinajstić information content (AvgIpc) is 3.18. The van der Waals surface area contributed by atoms with Crippen LogP contribution in [0.5, 0.6) is 0 Å². The lowest BCUT2D eigenvalue weighted by molar-refractivity contribution is 0.847. The second-order valence-electron chi connectivity index (χ2n) is 4.48. The summed E-state index contributed by atoms with van der Waals surface area (Å²) in [6, 6.07) is 11.6. The molecule has 9 heteroatoms. The molecule has 1 aromatic carbocycles. The van der Waals surface area contributed by atoms with E-state index in [0.717, 1.165) is 21.2 Å². The van der Waals surface area contributed by atoms with Crippen molar-refractivity contribution in [2.45, 2.75) is 10.9 Å². The topological polar surface area (TPSA) is 81.1 Å². The number of thiophene rings is 1. The number of benzene rings is 1. The number of nitrogens with zero attached hydrogens (tertiary/aromatic N) is 4. The third-order valence-electron chi connectivity index (χ3n) is 2.85. The summed E-state index contributed by atoms with van der Waals surface area (Å²) in [6.07, 6.45) is 1.71. The highest BCUT2D eigenvalue weighted by atomic mass is 35.5. The maximum Gasteiger partial charge on any atom is 0.264 e. The van der Waals surface area contributed by atoms with Crippen LogP contribution in [-0.2, 0) is 5.75 Å². The van der Waals surface area contributed by atoms with Crippen LogP contribution in [0.4, 0.5) is 5.95 Å². The molecular formula is C14H13ClN6S2. The highest BCUT2D eigenvalue weighted by molar-refractivity contribution is 7.98. The zero-order chi connectivity index (χ0) is 16.1. The molecule has 0 aliphatic carbocycles. The van der Waals surface area contributed by atoms with Gasteiger partial charge in [-0.3, -0.25) is 0 Å². The molecule has 3 aromatic rings. The molecule has 0 amide bonds. The van der Waals surface area contributed by atoms with Gasteiger partial charge in [0.05, 0.1) is 6.21 Å². The molecule has 3 N–H and O–H groups in total. The molecule has 0 fully saturated rings. The molecule has 0 aliphatic rings. The second kappa shape index (κ2) is 7.49. The van der Waals surface area contributed by atoms with Gasteiger partial charge >= 0.3 is 0 Å². The molecule has 6 nitrogen and oxygen atoms in total. The van der Waals surface area contributed by atoms with Crippen LogP contribution in [0, 0.1) is 0 Å². The van der Waals surface area contributed by atoms with E-state index in [-0.39, 0.29) is 0 Å². The Bertz CT molecular complexity index is 782. The van der Waals surface area contributed by atoms with E-state index in [1.807, 2.05) is 41.8 Å². The normalized spacial score (nSPS) is 11.2. The number of halogens is 1. The first-order chi connectivity index (χ1) is 11.2. The molecule has 0 aliphatic heterocycles. The highest BCUT2D eigenvalue weighted by Crippen LogP contribution is 2.22. The maximum absolute atomic E-state index is 5.97. The Morgan fingerprint density at radius 1 is 1.30 bits per heavy atom. The first-order valence-corrected chi connectivity index (χ1v) is 8.87. The summed E-state index contributed by atoms with van der Waals surface area (Å²) in [5.74, 6) is 7.08. The van der Waals surface area contributed by atoms with E-state index in [1.165, 1.54) is 16.4 Å². The van der Waals surface area contributed by atoms with Gasteiger partial charge in [-0.1, -0.05) is 41.6 Å². The Kier molecular flexibility index (Phi) is 5.16. The summed E-state index contributed by atoms with van der Waals surface area (Å²) >= 11 is 8.96. The van der Waals surface area contributed by atoms with Crippen molar-refractivity contribution < 1.29 is 0 Å². The molecule has 0 spiro atoms. The molecule has 3 rings (SSSR count). The van der Waals surface area contributed by atoms with Gasteiger partial charge in [0.15, 0.2) is 0 Å². The smallest absolute Gasteiger partial charge is 0.264 e. The number of hydrazone groups is 1. The molecule has 0 radical (unpaired) electrons. The van der Waals surface area contributed by atoms with Crippen molar-refractivity contribution >= 4 is 46.9 Å². The fraction of sp³-hybridized carbons (Fsp3) is 0.0714. The summed E-state index contributed by atoms with van der Waals surface area (Å²) in [5, 5.41) is 15.4. The van der Waals surface area contributed by atoms with Crippen LogP contribution < -0.4 is 11.3 Å². The second-order valence-corrected chi connectivity index (χ2v) is 6.83. The number of nitrogen functional groups attached to an aromatic ring is 1. The van der Waals surface area contributed by atoms with E-state index >= 15 is 0 Å². The first-order valence-electron chi connectivity index (χ1n) is 6.62. The summed E-state index contributed by atoms with van der Waals surface area (Å²) in [5.41, 5.74) is 3.92. The van der Waals surface area contributed by atoms with Gasteiger partial charge in [-0.2, -0.15) is 5.10 Å². The fourth-order valence-electron chi connectivity index (χ4n) is 1.70. The molecule has 2 heterocycles. The molecule has 0 unspecified atom stereocenters. The molecule has 23 heavy (non-hydrogen) atoms. The van der Waals surface area contributed by atoms with Crippen molar-refractivity contribution in [3.8, 4) is 0 Å². The third-order valence-corrected chi connectivity index (χ3v) is 4.92. The lowest BCUT2D eigenvalue weighted by atomic mass is 10.2. The zero-order valence-electron chi connectivity index (χ0n) is 11.9. The molecule has 118 valence electrons. The average molecular weight is 365 g/mol. The number of hydrogen-bond donors (Lipinski definition) is 2. The van der Waals surface area contributed by atoms with Crippen LogP contribution in [0.2, 0.25) is 5.02 Å². The van der Waals surface area contributed by atoms with E-state index in [4.69, 9.17) is 17.4 Å². The van der Waals surface area contributed by atoms with Gasteiger partial charge in [-0.15, -0.1) is 21.5 Å². The van der Waals surface area contributed by atoms with E-state index in [9.17, 15) is 0 Å². The predicted molar refractivity (Wildman–Crippen MR) is 96.7 cm³/mol. The van der Waals surface area contributed by atoms with E-state index in [1.54, 1.807) is 17.6 Å². The Morgan fingerprint density at radius 3 is 2.87 bits per heavy atom. The number of hydrogen-bond acceptors (Lipinski definition) is 7. The van der Waals surface area contributed by atoms with Crippen molar-refractivity contribution in [1.29, 1.82) is 0 Å². The van der Waals surface area contributed by atoms with Gasteiger partial charge in [0.1, 0.15) is 0 Å². The molecule has 0 bridgehead atoms. The van der Waals surface area contributed by atoms with Gasteiger partial charge in [-0.05, 0) is 29.1 Å². The number of nitrogens with one attached hydrogen (secondary N) is 1. The third kappa shape index (κ3) is 4.25. The number of rotatable bonds is 6. The molecule has 0 atom stereocenters. The number of thioether (sulfide) groups is 1. The zero-order valence-corrected chi connectivity index (χ0v) is 14.3. The minimum Gasteiger partial charge on any atom is -0.334 e.